The van der Waals surface area contributed by atoms with Crippen molar-refractivity contribution in [1.82, 2.24) is 4.57 Å². The standard InChI is InChI=1S/C39H61N2/c1-4-6-8-10-12-13-15-17-25-31-40-32-33-41(35-40)38(30-24-16-14-11-9-7-5-2)39(3,37-28-22-19-23-29-37)34-36-26-20-18-21-27-36/h18-23,26-29,32-33,35,38H,4-17,24-25,30-31,34H2,1-3H3/q+1. The molecule has 41 heavy (non-hydrogen) atoms. The van der Waals surface area contributed by atoms with Gasteiger partial charge in [0.15, 0.2) is 0 Å². The van der Waals surface area contributed by atoms with E-state index in [0.29, 0.717) is 6.04 Å². The Kier molecular flexibility index (Phi) is 15.9. The van der Waals surface area contributed by atoms with E-state index in [-0.39, 0.29) is 5.41 Å². The average Bonchev–Trinajstić information content (AvgIpc) is 3.47. The van der Waals surface area contributed by atoms with Crippen LogP contribution in [0.25, 0.3) is 0 Å². The Balaban J connectivity index is 1.69. The molecular formula is C39H61N2+. The van der Waals surface area contributed by atoms with Gasteiger partial charge in [-0.2, -0.15) is 0 Å². The highest BCUT2D eigenvalue weighted by Crippen LogP contribution is 2.41. The van der Waals surface area contributed by atoms with Gasteiger partial charge in [0.05, 0.1) is 6.54 Å². The molecule has 0 amide bonds. The van der Waals surface area contributed by atoms with E-state index in [4.69, 9.17) is 0 Å². The zero-order chi connectivity index (χ0) is 29.0. The second-order valence-electron chi connectivity index (χ2n) is 12.8. The van der Waals surface area contributed by atoms with Crippen molar-refractivity contribution in [1.29, 1.82) is 0 Å². The number of aromatic nitrogens is 2. The number of aryl methyl sites for hydroxylation is 1. The normalized spacial score (nSPS) is 13.7. The van der Waals surface area contributed by atoms with Crippen molar-refractivity contribution < 1.29 is 4.57 Å². The number of nitrogens with zero attached hydrogens (tertiary/aromatic N) is 2. The maximum Gasteiger partial charge on any atom is 0.244 e. The molecule has 2 atom stereocenters. The molecule has 2 nitrogen and oxygen atoms in total. The van der Waals surface area contributed by atoms with E-state index < -0.39 is 0 Å². The molecule has 0 aliphatic carbocycles. The van der Waals surface area contributed by atoms with Gasteiger partial charge in [-0.15, -0.1) is 0 Å². The molecule has 0 fully saturated rings. The highest BCUT2D eigenvalue weighted by atomic mass is 15.1. The minimum Gasteiger partial charge on any atom is -0.237 e. The van der Waals surface area contributed by atoms with E-state index >= 15 is 0 Å². The Hall–Kier alpha value is -2.35. The number of rotatable bonds is 23. The maximum atomic E-state index is 2.57. The molecule has 0 aliphatic heterocycles. The molecule has 1 heterocycles. The van der Waals surface area contributed by atoms with E-state index in [9.17, 15) is 0 Å². The highest BCUT2D eigenvalue weighted by Gasteiger charge is 2.40. The Labute approximate surface area is 253 Å². The predicted molar refractivity (Wildman–Crippen MR) is 177 cm³/mol. The summed E-state index contributed by atoms with van der Waals surface area (Å²) in [7, 11) is 0. The maximum absolute atomic E-state index is 2.57. The molecule has 0 N–H and O–H groups in total. The largest absolute Gasteiger partial charge is 0.244 e. The van der Waals surface area contributed by atoms with Crippen LogP contribution in [0.4, 0.5) is 0 Å². The van der Waals surface area contributed by atoms with Crippen LogP contribution in [0.3, 0.4) is 0 Å². The predicted octanol–water partition coefficient (Wildman–Crippen LogP) is 11.2. The molecule has 0 spiro atoms. The van der Waals surface area contributed by atoms with Crippen LogP contribution < -0.4 is 4.57 Å². The van der Waals surface area contributed by atoms with Gasteiger partial charge >= 0.3 is 0 Å². The third-order valence-electron chi connectivity index (χ3n) is 9.26. The van der Waals surface area contributed by atoms with Crippen molar-refractivity contribution in [3.05, 3.63) is 90.5 Å². The van der Waals surface area contributed by atoms with E-state index in [0.717, 1.165) is 13.0 Å². The van der Waals surface area contributed by atoms with Crippen LogP contribution in [-0.4, -0.2) is 4.57 Å². The average molecular weight is 558 g/mol. The first-order chi connectivity index (χ1) is 20.2. The van der Waals surface area contributed by atoms with Gasteiger partial charge in [-0.05, 0) is 43.2 Å². The fraction of sp³-hybridized carbons (Fsp3) is 0.615. The lowest BCUT2D eigenvalue weighted by atomic mass is 9.70. The SMILES string of the molecule is CCCCCCCCCCC[n+]1ccn(C(CCCCCCCCC)C(C)(Cc2ccccc2)c2ccccc2)c1. The number of hydrogen-bond donors (Lipinski definition) is 0. The van der Waals surface area contributed by atoms with Crippen molar-refractivity contribution >= 4 is 0 Å². The quantitative estimate of drug-likeness (QED) is 0.0810. The van der Waals surface area contributed by atoms with Crippen LogP contribution in [0.2, 0.25) is 0 Å². The molecule has 2 heteroatoms. The summed E-state index contributed by atoms with van der Waals surface area (Å²) < 4.78 is 5.02. The number of unbranched alkanes of at least 4 members (excludes halogenated alkanes) is 14. The van der Waals surface area contributed by atoms with Crippen LogP contribution >= 0.6 is 0 Å². The molecule has 226 valence electrons. The molecule has 3 aromatic rings. The Morgan fingerprint density at radius 2 is 1.15 bits per heavy atom. The number of imidazole rings is 1. The molecule has 0 bridgehead atoms. The second kappa shape index (κ2) is 19.7. The monoisotopic (exact) mass is 557 g/mol. The van der Waals surface area contributed by atoms with Gasteiger partial charge < -0.3 is 0 Å². The van der Waals surface area contributed by atoms with Crippen LogP contribution in [0.5, 0.6) is 0 Å². The fourth-order valence-electron chi connectivity index (χ4n) is 6.68. The zero-order valence-electron chi connectivity index (χ0n) is 26.9. The lowest BCUT2D eigenvalue weighted by molar-refractivity contribution is -0.697. The fourth-order valence-corrected chi connectivity index (χ4v) is 6.68. The first kappa shape index (κ1) is 33.2. The third kappa shape index (κ3) is 11.8. The summed E-state index contributed by atoms with van der Waals surface area (Å²) >= 11 is 0. The van der Waals surface area contributed by atoms with Crippen LogP contribution in [0.1, 0.15) is 147 Å². The minimum absolute atomic E-state index is 0.0133. The Morgan fingerprint density at radius 3 is 1.73 bits per heavy atom. The van der Waals surface area contributed by atoms with Gasteiger partial charge in [-0.3, -0.25) is 0 Å². The third-order valence-corrected chi connectivity index (χ3v) is 9.26. The number of benzene rings is 2. The van der Waals surface area contributed by atoms with E-state index in [1.54, 1.807) is 0 Å². The Bertz CT molecular complexity index is 1020. The summed E-state index contributed by atoms with van der Waals surface area (Å²) in [6.07, 6.45) is 31.3. The van der Waals surface area contributed by atoms with E-state index in [1.807, 2.05) is 0 Å². The van der Waals surface area contributed by atoms with Gasteiger partial charge in [0.2, 0.25) is 6.33 Å². The molecule has 3 rings (SSSR count). The summed E-state index contributed by atoms with van der Waals surface area (Å²) in [5.74, 6) is 0. The van der Waals surface area contributed by atoms with Crippen LogP contribution in [0, 0.1) is 0 Å². The second-order valence-corrected chi connectivity index (χ2v) is 12.8. The van der Waals surface area contributed by atoms with E-state index in [1.165, 1.54) is 120 Å². The first-order valence-electron chi connectivity index (χ1n) is 17.3. The molecule has 0 saturated carbocycles. The lowest BCUT2D eigenvalue weighted by Crippen LogP contribution is -2.38. The minimum atomic E-state index is 0.0133. The summed E-state index contributed by atoms with van der Waals surface area (Å²) in [6, 6.07) is 22.9. The molecular weight excluding hydrogens is 496 g/mol. The van der Waals surface area contributed by atoms with Gasteiger partial charge in [0.25, 0.3) is 0 Å². The van der Waals surface area contributed by atoms with Gasteiger partial charge in [0, 0.05) is 5.41 Å². The van der Waals surface area contributed by atoms with Crippen LogP contribution in [-0.2, 0) is 18.4 Å². The summed E-state index contributed by atoms with van der Waals surface area (Å²) in [5, 5.41) is 0. The lowest BCUT2D eigenvalue weighted by Gasteiger charge is -2.37. The highest BCUT2D eigenvalue weighted by molar-refractivity contribution is 5.30. The number of hydrogen-bond acceptors (Lipinski definition) is 0. The molecule has 2 aromatic carbocycles. The molecule has 1 aromatic heterocycles. The molecule has 2 unspecified atom stereocenters. The van der Waals surface area contributed by atoms with Crippen molar-refractivity contribution in [2.75, 3.05) is 0 Å². The van der Waals surface area contributed by atoms with Gasteiger partial charge in [0.1, 0.15) is 18.4 Å². The van der Waals surface area contributed by atoms with Gasteiger partial charge in [-0.25, -0.2) is 9.13 Å². The summed E-state index contributed by atoms with van der Waals surface area (Å²) in [5.41, 5.74) is 2.90. The molecule has 0 saturated heterocycles. The molecule has 0 aliphatic rings. The smallest absolute Gasteiger partial charge is 0.237 e. The summed E-state index contributed by atoms with van der Waals surface area (Å²) in [6.45, 7) is 8.26. The topological polar surface area (TPSA) is 8.81 Å². The molecule has 0 radical (unpaired) electrons. The zero-order valence-corrected chi connectivity index (χ0v) is 26.9. The van der Waals surface area contributed by atoms with Crippen molar-refractivity contribution in [3.63, 3.8) is 0 Å². The van der Waals surface area contributed by atoms with Crippen LogP contribution in [0.15, 0.2) is 79.4 Å². The summed E-state index contributed by atoms with van der Waals surface area (Å²) in [4.78, 5) is 0. The van der Waals surface area contributed by atoms with Crippen molar-refractivity contribution in [3.8, 4) is 0 Å². The van der Waals surface area contributed by atoms with Crippen molar-refractivity contribution in [2.24, 2.45) is 0 Å². The van der Waals surface area contributed by atoms with Crippen molar-refractivity contribution in [2.45, 2.75) is 154 Å². The Morgan fingerprint density at radius 1 is 0.634 bits per heavy atom. The van der Waals surface area contributed by atoms with E-state index in [2.05, 4.69) is 109 Å². The first-order valence-corrected chi connectivity index (χ1v) is 17.3. The van der Waals surface area contributed by atoms with Gasteiger partial charge in [-0.1, -0.05) is 165 Å².